The van der Waals surface area contributed by atoms with Gasteiger partial charge in [-0.1, -0.05) is 32.0 Å². The van der Waals surface area contributed by atoms with Gasteiger partial charge in [0.1, 0.15) is 18.4 Å². The van der Waals surface area contributed by atoms with E-state index in [0.29, 0.717) is 18.5 Å². The monoisotopic (exact) mass is 508 g/mol. The second-order valence-electron chi connectivity index (χ2n) is 7.91. The van der Waals surface area contributed by atoms with Gasteiger partial charge in [-0.3, -0.25) is 24.0 Å². The summed E-state index contributed by atoms with van der Waals surface area (Å²) < 4.78 is 39.2. The average molecular weight is 509 g/mol. The smallest absolute Gasteiger partial charge is 0.271 e. The Hall–Kier alpha value is -3.54. The van der Waals surface area contributed by atoms with E-state index in [1.165, 1.54) is 47.4 Å². The van der Waals surface area contributed by atoms with Crippen molar-refractivity contribution in [3.05, 3.63) is 70.0 Å². The largest absolute Gasteiger partial charge is 0.354 e. The summed E-state index contributed by atoms with van der Waals surface area (Å²) in [5.74, 6) is -1.55. The Balaban J connectivity index is 2.45. The molecule has 2 amide bonds. The molecule has 2 rings (SSSR count). The van der Waals surface area contributed by atoms with Crippen LogP contribution in [0, 0.1) is 15.9 Å². The number of hydrogen-bond acceptors (Lipinski definition) is 6. The zero-order valence-corrected chi connectivity index (χ0v) is 20.6. The molecule has 0 heterocycles. The highest BCUT2D eigenvalue weighted by molar-refractivity contribution is 7.92. The Morgan fingerprint density at radius 3 is 2.34 bits per heavy atom. The number of sulfonamides is 1. The fourth-order valence-corrected chi connectivity index (χ4v) is 4.29. The second kappa shape index (κ2) is 12.2. The molecule has 1 unspecified atom stereocenters. The zero-order chi connectivity index (χ0) is 26.2. The number of carbonyl (C=O) groups excluding carboxylic acids is 2. The number of non-ortho nitro benzene ring substituents is 1. The molecule has 12 heteroatoms. The lowest BCUT2D eigenvalue weighted by Crippen LogP contribution is -2.52. The van der Waals surface area contributed by atoms with Crippen molar-refractivity contribution >= 4 is 33.2 Å². The third-order valence-electron chi connectivity index (χ3n) is 5.21. The van der Waals surface area contributed by atoms with E-state index >= 15 is 0 Å². The number of benzene rings is 2. The van der Waals surface area contributed by atoms with Crippen molar-refractivity contribution in [1.82, 2.24) is 10.2 Å². The highest BCUT2D eigenvalue weighted by Gasteiger charge is 2.32. The number of rotatable bonds is 12. The van der Waals surface area contributed by atoms with E-state index in [-0.39, 0.29) is 24.3 Å². The van der Waals surface area contributed by atoms with Gasteiger partial charge >= 0.3 is 0 Å². The lowest BCUT2D eigenvalue weighted by atomic mass is 10.1. The Morgan fingerprint density at radius 1 is 1.14 bits per heavy atom. The number of hydrogen-bond donors (Lipinski definition) is 1. The molecular formula is C23H29FN4O6S. The topological polar surface area (TPSA) is 130 Å². The van der Waals surface area contributed by atoms with Crippen LogP contribution in [-0.2, 0) is 26.2 Å². The number of nitro groups is 1. The van der Waals surface area contributed by atoms with Crippen LogP contribution in [0.1, 0.15) is 32.3 Å². The van der Waals surface area contributed by atoms with Crippen LogP contribution in [0.3, 0.4) is 0 Å². The Kier molecular flexibility index (Phi) is 9.69. The minimum atomic E-state index is -4.02. The molecule has 190 valence electrons. The van der Waals surface area contributed by atoms with Gasteiger partial charge in [0.05, 0.1) is 16.9 Å². The molecule has 0 aromatic heterocycles. The molecule has 0 fully saturated rings. The SMILES string of the molecule is CCCNC(=O)C(CC)N(Cc1ccc(F)cc1)C(=O)CN(c1cccc([N+](=O)[O-])c1)S(C)(=O)=O. The van der Waals surface area contributed by atoms with E-state index < -0.39 is 45.2 Å². The van der Waals surface area contributed by atoms with Gasteiger partial charge in [-0.05, 0) is 36.6 Å². The Morgan fingerprint density at radius 2 is 1.80 bits per heavy atom. The molecule has 0 spiro atoms. The van der Waals surface area contributed by atoms with Gasteiger partial charge in [0.2, 0.25) is 21.8 Å². The van der Waals surface area contributed by atoms with E-state index in [1.54, 1.807) is 6.92 Å². The van der Waals surface area contributed by atoms with Crippen molar-refractivity contribution in [3.63, 3.8) is 0 Å². The first kappa shape index (κ1) is 27.7. The maximum Gasteiger partial charge on any atom is 0.271 e. The Bertz CT molecular complexity index is 1160. The third kappa shape index (κ3) is 7.74. The molecule has 2 aromatic carbocycles. The zero-order valence-electron chi connectivity index (χ0n) is 19.8. The predicted octanol–water partition coefficient (Wildman–Crippen LogP) is 2.83. The molecular weight excluding hydrogens is 479 g/mol. The lowest BCUT2D eigenvalue weighted by Gasteiger charge is -2.32. The molecule has 0 bridgehead atoms. The van der Waals surface area contributed by atoms with Crippen molar-refractivity contribution in [3.8, 4) is 0 Å². The maximum absolute atomic E-state index is 13.5. The first-order valence-corrected chi connectivity index (χ1v) is 12.9. The van der Waals surface area contributed by atoms with Crippen LogP contribution in [0.5, 0.6) is 0 Å². The Labute approximate surface area is 203 Å². The highest BCUT2D eigenvalue weighted by atomic mass is 32.2. The van der Waals surface area contributed by atoms with Crippen LogP contribution >= 0.6 is 0 Å². The van der Waals surface area contributed by atoms with Gasteiger partial charge in [0.25, 0.3) is 5.69 Å². The maximum atomic E-state index is 13.5. The minimum absolute atomic E-state index is 0.0553. The lowest BCUT2D eigenvalue weighted by molar-refractivity contribution is -0.384. The van der Waals surface area contributed by atoms with Crippen molar-refractivity contribution in [2.75, 3.05) is 23.7 Å². The van der Waals surface area contributed by atoms with E-state index in [9.17, 15) is 32.5 Å². The number of amides is 2. The number of nitrogens with one attached hydrogen (secondary N) is 1. The van der Waals surface area contributed by atoms with Gasteiger partial charge in [-0.2, -0.15) is 0 Å². The normalized spacial score (nSPS) is 12.0. The minimum Gasteiger partial charge on any atom is -0.354 e. The predicted molar refractivity (Wildman–Crippen MR) is 130 cm³/mol. The summed E-state index contributed by atoms with van der Waals surface area (Å²) in [7, 11) is -4.02. The van der Waals surface area contributed by atoms with Crippen molar-refractivity contribution < 1.29 is 27.3 Å². The van der Waals surface area contributed by atoms with Crippen LogP contribution in [0.25, 0.3) is 0 Å². The van der Waals surface area contributed by atoms with Gasteiger partial charge in [-0.25, -0.2) is 12.8 Å². The van der Waals surface area contributed by atoms with Gasteiger partial charge in [-0.15, -0.1) is 0 Å². The van der Waals surface area contributed by atoms with E-state index in [4.69, 9.17) is 0 Å². The molecule has 35 heavy (non-hydrogen) atoms. The molecule has 0 saturated heterocycles. The molecule has 0 radical (unpaired) electrons. The number of carbonyl (C=O) groups is 2. The molecule has 0 aliphatic carbocycles. The number of nitro benzene ring substituents is 1. The van der Waals surface area contributed by atoms with E-state index in [2.05, 4.69) is 5.32 Å². The molecule has 0 aliphatic rings. The number of anilines is 1. The highest BCUT2D eigenvalue weighted by Crippen LogP contribution is 2.24. The molecule has 1 N–H and O–H groups in total. The van der Waals surface area contributed by atoms with E-state index in [0.717, 1.165) is 16.6 Å². The van der Waals surface area contributed by atoms with Gasteiger partial charge in [0, 0.05) is 25.2 Å². The molecule has 0 saturated carbocycles. The summed E-state index contributed by atoms with van der Waals surface area (Å²) in [4.78, 5) is 38.0. The molecule has 10 nitrogen and oxygen atoms in total. The summed E-state index contributed by atoms with van der Waals surface area (Å²) in [6, 6.07) is 9.41. The average Bonchev–Trinajstić information content (AvgIpc) is 2.81. The fourth-order valence-electron chi connectivity index (χ4n) is 3.45. The van der Waals surface area contributed by atoms with Crippen molar-refractivity contribution in [1.29, 1.82) is 0 Å². The van der Waals surface area contributed by atoms with Crippen LogP contribution in [-0.4, -0.2) is 55.4 Å². The summed E-state index contributed by atoms with van der Waals surface area (Å²) in [6.07, 6.45) is 1.82. The quantitative estimate of drug-likeness (QED) is 0.347. The summed E-state index contributed by atoms with van der Waals surface area (Å²) in [5, 5.41) is 13.9. The van der Waals surface area contributed by atoms with Crippen LogP contribution in [0.15, 0.2) is 48.5 Å². The number of halogens is 1. The first-order valence-electron chi connectivity index (χ1n) is 11.0. The summed E-state index contributed by atoms with van der Waals surface area (Å²) >= 11 is 0. The third-order valence-corrected chi connectivity index (χ3v) is 6.35. The van der Waals surface area contributed by atoms with Gasteiger partial charge in [0.15, 0.2) is 0 Å². The van der Waals surface area contributed by atoms with Crippen molar-refractivity contribution in [2.45, 2.75) is 39.3 Å². The fraction of sp³-hybridized carbons (Fsp3) is 0.391. The molecule has 1 atom stereocenters. The standard InChI is InChI=1S/C23H29FN4O6S/c1-4-13-25-23(30)21(5-2)26(15-17-9-11-18(24)12-10-17)22(29)16-27(35(3,33)34)19-7-6-8-20(14-19)28(31)32/h6-12,14,21H,4-5,13,15-16H2,1-3H3,(H,25,30). The summed E-state index contributed by atoms with van der Waals surface area (Å²) in [6.45, 7) is 3.25. The summed E-state index contributed by atoms with van der Waals surface area (Å²) in [5.41, 5.74) is 0.153. The van der Waals surface area contributed by atoms with Crippen LogP contribution < -0.4 is 9.62 Å². The first-order chi connectivity index (χ1) is 16.5. The number of nitrogens with zero attached hydrogens (tertiary/aromatic N) is 3. The van der Waals surface area contributed by atoms with Crippen LogP contribution in [0.2, 0.25) is 0 Å². The molecule has 2 aromatic rings. The van der Waals surface area contributed by atoms with Crippen molar-refractivity contribution in [2.24, 2.45) is 0 Å². The van der Waals surface area contributed by atoms with Crippen LogP contribution in [0.4, 0.5) is 15.8 Å². The second-order valence-corrected chi connectivity index (χ2v) is 9.82. The van der Waals surface area contributed by atoms with E-state index in [1.807, 2.05) is 6.92 Å². The van der Waals surface area contributed by atoms with Gasteiger partial charge < -0.3 is 10.2 Å². The molecule has 0 aliphatic heterocycles.